The molecule has 2 atom stereocenters. The first-order valence-corrected chi connectivity index (χ1v) is 5.53. The largest absolute Gasteiger partial charge is 0.348 e. The highest BCUT2D eigenvalue weighted by Crippen LogP contribution is 2.09. The van der Waals surface area contributed by atoms with E-state index in [1.807, 2.05) is 32.0 Å². The fraction of sp³-hybridized carbons (Fsp3) is 0.500. The van der Waals surface area contributed by atoms with Crippen molar-refractivity contribution in [2.75, 3.05) is 6.54 Å². The average molecular weight is 221 g/mol. The number of amides is 1. The number of rotatable bonds is 5. The molecule has 0 aliphatic rings. The van der Waals surface area contributed by atoms with Crippen molar-refractivity contribution in [2.45, 2.75) is 26.3 Å². The molecule has 0 bridgehead atoms. The Bertz CT molecular complexity index is 326. The molecule has 0 spiro atoms. The zero-order valence-corrected chi connectivity index (χ0v) is 9.81. The maximum atomic E-state index is 11.6. The van der Waals surface area contributed by atoms with Gasteiger partial charge in [0, 0.05) is 12.6 Å². The fourth-order valence-corrected chi connectivity index (χ4v) is 1.41. The Morgan fingerprint density at radius 1 is 1.50 bits per heavy atom. The van der Waals surface area contributed by atoms with Gasteiger partial charge in [-0.25, -0.2) is 0 Å². The molecule has 1 amide bonds. The summed E-state index contributed by atoms with van der Waals surface area (Å²) in [6.45, 7) is 4.42. The number of hydrogen-bond acceptors (Lipinski definition) is 3. The summed E-state index contributed by atoms with van der Waals surface area (Å²) in [7, 11) is 0. The van der Waals surface area contributed by atoms with Crippen molar-refractivity contribution < 1.29 is 4.79 Å². The number of carbonyl (C=O) groups is 1. The zero-order valence-electron chi connectivity index (χ0n) is 9.81. The van der Waals surface area contributed by atoms with Gasteiger partial charge in [0.25, 0.3) is 0 Å². The fourth-order valence-electron chi connectivity index (χ4n) is 1.41. The third kappa shape index (κ3) is 3.98. The predicted molar refractivity (Wildman–Crippen MR) is 63.6 cm³/mol. The summed E-state index contributed by atoms with van der Waals surface area (Å²) in [6, 6.07) is 5.61. The van der Waals surface area contributed by atoms with Gasteiger partial charge in [-0.2, -0.15) is 0 Å². The van der Waals surface area contributed by atoms with E-state index in [2.05, 4.69) is 10.3 Å². The van der Waals surface area contributed by atoms with E-state index in [4.69, 9.17) is 5.73 Å². The van der Waals surface area contributed by atoms with Gasteiger partial charge in [0.1, 0.15) is 0 Å². The maximum absolute atomic E-state index is 11.6. The van der Waals surface area contributed by atoms with Gasteiger partial charge in [-0.05, 0) is 31.5 Å². The standard InChI is InChI=1S/C12H19N3O/c1-9(8-13)7-12(16)15-10(2)11-5-3-4-6-14-11/h3-6,9-10H,7-8,13H2,1-2H3,(H,15,16). The van der Waals surface area contributed by atoms with E-state index >= 15 is 0 Å². The van der Waals surface area contributed by atoms with Crippen molar-refractivity contribution in [3.8, 4) is 0 Å². The summed E-state index contributed by atoms with van der Waals surface area (Å²) in [5.41, 5.74) is 6.34. The van der Waals surface area contributed by atoms with Gasteiger partial charge in [-0.15, -0.1) is 0 Å². The molecule has 1 heterocycles. The maximum Gasteiger partial charge on any atom is 0.220 e. The van der Waals surface area contributed by atoms with Gasteiger partial charge in [-0.3, -0.25) is 9.78 Å². The minimum Gasteiger partial charge on any atom is -0.348 e. The van der Waals surface area contributed by atoms with Crippen LogP contribution in [-0.2, 0) is 4.79 Å². The topological polar surface area (TPSA) is 68.0 Å². The molecule has 0 aliphatic heterocycles. The first-order valence-electron chi connectivity index (χ1n) is 5.53. The van der Waals surface area contributed by atoms with Crippen molar-refractivity contribution in [3.05, 3.63) is 30.1 Å². The molecule has 1 aromatic rings. The molecule has 2 unspecified atom stereocenters. The highest BCUT2D eigenvalue weighted by Gasteiger charge is 2.12. The molecule has 3 N–H and O–H groups in total. The number of hydrogen-bond donors (Lipinski definition) is 2. The van der Waals surface area contributed by atoms with Crippen molar-refractivity contribution in [2.24, 2.45) is 11.7 Å². The molecule has 0 aliphatic carbocycles. The molecule has 0 saturated heterocycles. The van der Waals surface area contributed by atoms with E-state index in [-0.39, 0.29) is 17.9 Å². The third-order valence-corrected chi connectivity index (χ3v) is 2.45. The number of nitrogens with two attached hydrogens (primary N) is 1. The molecular formula is C12H19N3O. The number of nitrogens with zero attached hydrogens (tertiary/aromatic N) is 1. The van der Waals surface area contributed by atoms with Gasteiger partial charge in [0.15, 0.2) is 0 Å². The first kappa shape index (κ1) is 12.6. The molecular weight excluding hydrogens is 202 g/mol. The van der Waals surface area contributed by atoms with Crippen LogP contribution in [0.5, 0.6) is 0 Å². The second-order valence-electron chi connectivity index (χ2n) is 4.09. The SMILES string of the molecule is CC(CN)CC(=O)NC(C)c1ccccn1. The van der Waals surface area contributed by atoms with Gasteiger partial charge in [-0.1, -0.05) is 13.0 Å². The number of carbonyl (C=O) groups excluding carboxylic acids is 1. The van der Waals surface area contributed by atoms with Crippen molar-refractivity contribution in [3.63, 3.8) is 0 Å². The average Bonchev–Trinajstić information content (AvgIpc) is 2.29. The molecule has 1 rings (SSSR count). The van der Waals surface area contributed by atoms with Crippen LogP contribution in [0, 0.1) is 5.92 Å². The van der Waals surface area contributed by atoms with Crippen LogP contribution in [0.4, 0.5) is 0 Å². The van der Waals surface area contributed by atoms with Gasteiger partial charge >= 0.3 is 0 Å². The molecule has 4 nitrogen and oxygen atoms in total. The van der Waals surface area contributed by atoms with E-state index < -0.39 is 0 Å². The lowest BCUT2D eigenvalue weighted by atomic mass is 10.1. The van der Waals surface area contributed by atoms with E-state index in [0.717, 1.165) is 5.69 Å². The number of aromatic nitrogens is 1. The Balaban J connectivity index is 2.46. The monoisotopic (exact) mass is 221 g/mol. The summed E-state index contributed by atoms with van der Waals surface area (Å²) in [5, 5.41) is 2.90. The number of pyridine rings is 1. The van der Waals surface area contributed by atoms with Crippen molar-refractivity contribution in [1.29, 1.82) is 0 Å². The van der Waals surface area contributed by atoms with Crippen molar-refractivity contribution in [1.82, 2.24) is 10.3 Å². The Morgan fingerprint density at radius 2 is 2.25 bits per heavy atom. The van der Waals surface area contributed by atoms with Crippen LogP contribution in [0.15, 0.2) is 24.4 Å². The summed E-state index contributed by atoms with van der Waals surface area (Å²) in [6.07, 6.45) is 2.19. The highest BCUT2D eigenvalue weighted by atomic mass is 16.1. The van der Waals surface area contributed by atoms with Crippen LogP contribution in [0.2, 0.25) is 0 Å². The Hall–Kier alpha value is -1.42. The van der Waals surface area contributed by atoms with Crippen LogP contribution in [0.25, 0.3) is 0 Å². The van der Waals surface area contributed by atoms with E-state index in [1.165, 1.54) is 0 Å². The van der Waals surface area contributed by atoms with Crippen molar-refractivity contribution >= 4 is 5.91 Å². The van der Waals surface area contributed by atoms with Crippen LogP contribution in [0.3, 0.4) is 0 Å². The molecule has 0 fully saturated rings. The highest BCUT2D eigenvalue weighted by molar-refractivity contribution is 5.76. The summed E-state index contributed by atoms with van der Waals surface area (Å²) in [5.74, 6) is 0.243. The summed E-state index contributed by atoms with van der Waals surface area (Å²) >= 11 is 0. The lowest BCUT2D eigenvalue weighted by Crippen LogP contribution is -2.29. The Kier molecular flexibility index (Phi) is 4.92. The molecule has 1 aromatic heterocycles. The van der Waals surface area contributed by atoms with Gasteiger partial charge < -0.3 is 11.1 Å². The second kappa shape index (κ2) is 6.23. The van der Waals surface area contributed by atoms with E-state index in [0.29, 0.717) is 13.0 Å². The third-order valence-electron chi connectivity index (χ3n) is 2.45. The summed E-state index contributed by atoms with van der Waals surface area (Å²) < 4.78 is 0. The molecule has 4 heteroatoms. The van der Waals surface area contributed by atoms with Gasteiger partial charge in [0.05, 0.1) is 11.7 Å². The smallest absolute Gasteiger partial charge is 0.220 e. The Labute approximate surface area is 96.3 Å². The second-order valence-corrected chi connectivity index (χ2v) is 4.09. The summed E-state index contributed by atoms with van der Waals surface area (Å²) in [4.78, 5) is 15.8. The normalized spacial score (nSPS) is 14.2. The van der Waals surface area contributed by atoms with E-state index in [9.17, 15) is 4.79 Å². The minimum absolute atomic E-state index is 0.0242. The lowest BCUT2D eigenvalue weighted by Gasteiger charge is -2.14. The van der Waals surface area contributed by atoms with Crippen LogP contribution in [0.1, 0.15) is 32.0 Å². The first-order chi connectivity index (χ1) is 7.63. The van der Waals surface area contributed by atoms with Crippen LogP contribution >= 0.6 is 0 Å². The molecule has 0 radical (unpaired) electrons. The van der Waals surface area contributed by atoms with Gasteiger partial charge in [0.2, 0.25) is 5.91 Å². The zero-order chi connectivity index (χ0) is 12.0. The molecule has 0 saturated carbocycles. The van der Waals surface area contributed by atoms with Crippen LogP contribution in [-0.4, -0.2) is 17.4 Å². The minimum atomic E-state index is -0.0568. The predicted octanol–water partition coefficient (Wildman–Crippen LogP) is 1.24. The molecule has 16 heavy (non-hydrogen) atoms. The Morgan fingerprint density at radius 3 is 2.81 bits per heavy atom. The lowest BCUT2D eigenvalue weighted by molar-refractivity contribution is -0.122. The van der Waals surface area contributed by atoms with Crippen LogP contribution < -0.4 is 11.1 Å². The molecule has 0 aromatic carbocycles. The molecule has 88 valence electrons. The van der Waals surface area contributed by atoms with E-state index in [1.54, 1.807) is 6.20 Å². The quantitative estimate of drug-likeness (QED) is 0.786. The number of nitrogens with one attached hydrogen (secondary N) is 1.